The maximum absolute atomic E-state index is 12.8. The van der Waals surface area contributed by atoms with Crippen LogP contribution in [0.4, 0.5) is 0 Å². The van der Waals surface area contributed by atoms with Crippen LogP contribution >= 0.6 is 0 Å². The van der Waals surface area contributed by atoms with Crippen molar-refractivity contribution < 1.29 is 9.90 Å². The second-order valence-corrected chi connectivity index (χ2v) is 9.43. The summed E-state index contributed by atoms with van der Waals surface area (Å²) in [6, 6.07) is 4.76. The first-order valence-corrected chi connectivity index (χ1v) is 11.4. The Hall–Kier alpha value is -1.50. The van der Waals surface area contributed by atoms with Gasteiger partial charge in [-0.3, -0.25) is 19.6 Å². The van der Waals surface area contributed by atoms with E-state index in [-0.39, 0.29) is 23.8 Å². The minimum atomic E-state index is -0.0366. The van der Waals surface area contributed by atoms with Gasteiger partial charge in [-0.05, 0) is 69.8 Å². The van der Waals surface area contributed by atoms with Crippen molar-refractivity contribution in [2.24, 2.45) is 11.3 Å². The number of aliphatic hydroxyl groups is 1. The van der Waals surface area contributed by atoms with Crippen molar-refractivity contribution in [2.45, 2.75) is 57.5 Å². The summed E-state index contributed by atoms with van der Waals surface area (Å²) in [6.07, 6.45) is 11.5. The van der Waals surface area contributed by atoms with E-state index in [0.29, 0.717) is 12.6 Å². The number of likely N-dealkylation sites (tertiary alicyclic amines) is 2. The second-order valence-electron chi connectivity index (χ2n) is 9.43. The number of aliphatic hydroxyl groups excluding tert-OH is 1. The number of hydrogen-bond donors (Lipinski definition) is 2. The van der Waals surface area contributed by atoms with Crippen molar-refractivity contribution in [3.8, 4) is 0 Å². The van der Waals surface area contributed by atoms with Gasteiger partial charge >= 0.3 is 0 Å². The number of nitrogens with zero attached hydrogens (tertiary/aromatic N) is 3. The molecule has 1 aliphatic carbocycles. The van der Waals surface area contributed by atoms with Crippen molar-refractivity contribution in [3.63, 3.8) is 0 Å². The van der Waals surface area contributed by atoms with E-state index in [0.717, 1.165) is 58.4 Å². The Morgan fingerprint density at radius 3 is 2.69 bits per heavy atom. The van der Waals surface area contributed by atoms with Gasteiger partial charge in [-0.1, -0.05) is 12.5 Å². The van der Waals surface area contributed by atoms with Crippen LogP contribution in [0, 0.1) is 11.3 Å². The molecule has 3 aliphatic rings. The van der Waals surface area contributed by atoms with E-state index in [9.17, 15) is 9.90 Å². The van der Waals surface area contributed by atoms with E-state index in [1.807, 2.05) is 18.5 Å². The lowest BCUT2D eigenvalue weighted by atomic mass is 9.69. The van der Waals surface area contributed by atoms with Crippen LogP contribution < -0.4 is 5.32 Å². The Morgan fingerprint density at radius 1 is 1.21 bits per heavy atom. The smallest absolute Gasteiger partial charge is 0.224 e. The fraction of sp³-hybridized carbons (Fsp3) is 0.739. The molecule has 1 atom stereocenters. The quantitative estimate of drug-likeness (QED) is 0.733. The molecular formula is C23H36N4O2. The molecule has 29 heavy (non-hydrogen) atoms. The third kappa shape index (κ3) is 5.16. The lowest BCUT2D eigenvalue weighted by Crippen LogP contribution is -2.52. The van der Waals surface area contributed by atoms with Crippen molar-refractivity contribution in [3.05, 3.63) is 30.1 Å². The number of amides is 1. The lowest BCUT2D eigenvalue weighted by molar-refractivity contribution is -0.128. The van der Waals surface area contributed by atoms with Gasteiger partial charge in [0, 0.05) is 43.5 Å². The predicted molar refractivity (Wildman–Crippen MR) is 113 cm³/mol. The highest BCUT2D eigenvalue weighted by atomic mass is 16.3. The van der Waals surface area contributed by atoms with Gasteiger partial charge in [0.25, 0.3) is 0 Å². The normalized spacial score (nSPS) is 26.0. The molecule has 1 amide bonds. The number of pyridine rings is 1. The SMILES string of the molecule is O=C(NCC1(CO)CCC1)[C@@H]1CCCN(C2CCN(Cc3cccnc3)CC2)C1. The molecule has 0 unspecified atom stereocenters. The van der Waals surface area contributed by atoms with Crippen molar-refractivity contribution in [1.29, 1.82) is 0 Å². The summed E-state index contributed by atoms with van der Waals surface area (Å²) in [7, 11) is 0. The third-order valence-electron chi connectivity index (χ3n) is 7.41. The van der Waals surface area contributed by atoms with Gasteiger partial charge < -0.3 is 10.4 Å². The fourth-order valence-corrected chi connectivity index (χ4v) is 5.23. The molecule has 6 heteroatoms. The summed E-state index contributed by atoms with van der Waals surface area (Å²) < 4.78 is 0. The Morgan fingerprint density at radius 2 is 2.03 bits per heavy atom. The highest BCUT2D eigenvalue weighted by Crippen LogP contribution is 2.39. The number of hydrogen-bond acceptors (Lipinski definition) is 5. The topological polar surface area (TPSA) is 68.7 Å². The van der Waals surface area contributed by atoms with E-state index < -0.39 is 0 Å². The maximum Gasteiger partial charge on any atom is 0.224 e. The number of piperidine rings is 2. The van der Waals surface area contributed by atoms with E-state index >= 15 is 0 Å². The van der Waals surface area contributed by atoms with Gasteiger partial charge in [0.15, 0.2) is 0 Å². The summed E-state index contributed by atoms with van der Waals surface area (Å²) >= 11 is 0. The minimum Gasteiger partial charge on any atom is -0.396 e. The van der Waals surface area contributed by atoms with Crippen molar-refractivity contribution in [1.82, 2.24) is 20.1 Å². The lowest BCUT2D eigenvalue weighted by Gasteiger charge is -2.43. The summed E-state index contributed by atoms with van der Waals surface area (Å²) in [4.78, 5) is 22.1. The van der Waals surface area contributed by atoms with Crippen molar-refractivity contribution >= 4 is 5.91 Å². The summed E-state index contributed by atoms with van der Waals surface area (Å²) in [5, 5.41) is 12.8. The molecule has 0 spiro atoms. The average Bonchev–Trinajstić information content (AvgIpc) is 2.74. The molecule has 1 aromatic rings. The summed E-state index contributed by atoms with van der Waals surface area (Å²) in [6.45, 7) is 6.08. The first-order chi connectivity index (χ1) is 14.2. The van der Waals surface area contributed by atoms with Crippen LogP contribution in [0.5, 0.6) is 0 Å². The average molecular weight is 401 g/mol. The van der Waals surface area contributed by atoms with Crippen LogP contribution in [-0.2, 0) is 11.3 Å². The highest BCUT2D eigenvalue weighted by Gasteiger charge is 2.38. The fourth-order valence-electron chi connectivity index (χ4n) is 5.23. The number of carbonyl (C=O) groups is 1. The number of rotatable bonds is 7. The molecular weight excluding hydrogens is 364 g/mol. The zero-order valence-corrected chi connectivity index (χ0v) is 17.6. The summed E-state index contributed by atoms with van der Waals surface area (Å²) in [5.74, 6) is 0.302. The molecule has 0 radical (unpaired) electrons. The van der Waals surface area contributed by atoms with Gasteiger partial charge in [0.05, 0.1) is 12.5 Å². The Balaban J connectivity index is 1.22. The second kappa shape index (κ2) is 9.54. The Bertz CT molecular complexity index is 651. The highest BCUT2D eigenvalue weighted by molar-refractivity contribution is 5.79. The van der Waals surface area contributed by atoms with Gasteiger partial charge in [-0.2, -0.15) is 0 Å². The first-order valence-electron chi connectivity index (χ1n) is 11.4. The number of carbonyl (C=O) groups excluding carboxylic acids is 1. The van der Waals surface area contributed by atoms with Gasteiger partial charge in [0.1, 0.15) is 0 Å². The van der Waals surface area contributed by atoms with Gasteiger partial charge in [0.2, 0.25) is 5.91 Å². The van der Waals surface area contributed by atoms with Crippen LogP contribution in [0.25, 0.3) is 0 Å². The molecule has 1 aromatic heterocycles. The zero-order chi connectivity index (χ0) is 20.1. The van der Waals surface area contributed by atoms with E-state index in [1.165, 1.54) is 24.8 Å². The standard InChI is InChI=1S/C23H36N4O2/c28-18-23(8-3-9-23)17-25-22(29)20-5-2-11-27(16-20)21-6-12-26(13-7-21)15-19-4-1-10-24-14-19/h1,4,10,14,20-21,28H,2-3,5-9,11-13,15-18H2,(H,25,29)/t20-/m1/s1. The van der Waals surface area contributed by atoms with Crippen LogP contribution in [0.3, 0.4) is 0 Å². The molecule has 4 rings (SSSR count). The third-order valence-corrected chi connectivity index (χ3v) is 7.41. The monoisotopic (exact) mass is 400 g/mol. The molecule has 1 saturated carbocycles. The Labute approximate surface area is 174 Å². The van der Waals surface area contributed by atoms with Crippen LogP contribution in [0.15, 0.2) is 24.5 Å². The molecule has 3 fully saturated rings. The molecule has 2 N–H and O–H groups in total. The molecule has 2 aliphatic heterocycles. The molecule has 6 nitrogen and oxygen atoms in total. The maximum atomic E-state index is 12.8. The van der Waals surface area contributed by atoms with Gasteiger partial charge in [-0.25, -0.2) is 0 Å². The molecule has 3 heterocycles. The van der Waals surface area contributed by atoms with E-state index in [4.69, 9.17) is 0 Å². The summed E-state index contributed by atoms with van der Waals surface area (Å²) in [5.41, 5.74) is 1.25. The van der Waals surface area contributed by atoms with Gasteiger partial charge in [-0.15, -0.1) is 0 Å². The Kier molecular flexibility index (Phi) is 6.83. The molecule has 160 valence electrons. The van der Waals surface area contributed by atoms with Crippen LogP contribution in [0.2, 0.25) is 0 Å². The minimum absolute atomic E-state index is 0.0366. The van der Waals surface area contributed by atoms with Crippen molar-refractivity contribution in [2.75, 3.05) is 39.3 Å². The molecule has 2 saturated heterocycles. The molecule has 0 aromatic carbocycles. The molecule has 0 bridgehead atoms. The first kappa shape index (κ1) is 20.8. The van der Waals surface area contributed by atoms with Crippen LogP contribution in [0.1, 0.15) is 50.5 Å². The largest absolute Gasteiger partial charge is 0.396 e. The number of nitrogens with one attached hydrogen (secondary N) is 1. The number of aromatic nitrogens is 1. The van der Waals surface area contributed by atoms with E-state index in [1.54, 1.807) is 0 Å². The zero-order valence-electron chi connectivity index (χ0n) is 17.6. The predicted octanol–water partition coefficient (Wildman–Crippen LogP) is 2.04. The van der Waals surface area contributed by atoms with E-state index in [2.05, 4.69) is 26.2 Å². The van der Waals surface area contributed by atoms with Crippen LogP contribution in [-0.4, -0.2) is 71.2 Å².